The fraction of sp³-hybridized carbons (Fsp3) is 0.312. The third-order valence-electron chi connectivity index (χ3n) is 3.05. The van der Waals surface area contributed by atoms with E-state index in [9.17, 15) is 0 Å². The summed E-state index contributed by atoms with van der Waals surface area (Å²) in [7, 11) is 0. The molecule has 0 aliphatic heterocycles. The van der Waals surface area contributed by atoms with E-state index in [1.807, 2.05) is 37.3 Å². The molecule has 0 spiro atoms. The van der Waals surface area contributed by atoms with Crippen molar-refractivity contribution in [1.82, 2.24) is 4.98 Å². The Morgan fingerprint density at radius 3 is 2.42 bits per heavy atom. The highest BCUT2D eigenvalue weighted by molar-refractivity contribution is 5.28. The highest BCUT2D eigenvalue weighted by Gasteiger charge is 2.19. The summed E-state index contributed by atoms with van der Waals surface area (Å²) < 4.78 is 5.97. The Hall–Kier alpha value is -1.87. The predicted molar refractivity (Wildman–Crippen MR) is 77.1 cm³/mol. The summed E-state index contributed by atoms with van der Waals surface area (Å²) in [6.45, 7) is 4.06. The topological polar surface area (TPSA) is 48.1 Å². The molecular formula is C16H20N2O. The number of rotatable bonds is 5. The van der Waals surface area contributed by atoms with Crippen LogP contribution in [0.2, 0.25) is 0 Å². The maximum atomic E-state index is 6.01. The van der Waals surface area contributed by atoms with Crippen LogP contribution >= 0.6 is 0 Å². The van der Waals surface area contributed by atoms with Crippen molar-refractivity contribution >= 4 is 0 Å². The van der Waals surface area contributed by atoms with Crippen LogP contribution in [0.15, 0.2) is 48.7 Å². The fourth-order valence-corrected chi connectivity index (χ4v) is 1.93. The number of hydrogen-bond donors (Lipinski definition) is 1. The highest BCUT2D eigenvalue weighted by Crippen LogP contribution is 2.23. The molecule has 1 aromatic heterocycles. The van der Waals surface area contributed by atoms with Crippen molar-refractivity contribution in [1.29, 1.82) is 0 Å². The average Bonchev–Trinajstić information content (AvgIpc) is 2.46. The van der Waals surface area contributed by atoms with E-state index in [4.69, 9.17) is 10.5 Å². The summed E-state index contributed by atoms with van der Waals surface area (Å²) in [5.74, 6) is 0.824. The lowest BCUT2D eigenvalue weighted by molar-refractivity contribution is 0.176. The highest BCUT2D eigenvalue weighted by atomic mass is 16.5. The molecule has 0 radical (unpaired) electrons. The first-order valence-corrected chi connectivity index (χ1v) is 6.63. The Bertz CT molecular complexity index is 494. The number of benzene rings is 1. The molecule has 2 unspecified atom stereocenters. The molecule has 2 rings (SSSR count). The summed E-state index contributed by atoms with van der Waals surface area (Å²) in [5, 5.41) is 0. The van der Waals surface area contributed by atoms with Gasteiger partial charge < -0.3 is 10.5 Å². The second-order valence-corrected chi connectivity index (χ2v) is 4.65. The minimum atomic E-state index is -0.228. The smallest absolute Gasteiger partial charge is 0.155 e. The van der Waals surface area contributed by atoms with Crippen LogP contribution in [0.25, 0.3) is 0 Å². The Balaban J connectivity index is 2.17. The third kappa shape index (κ3) is 3.55. The Labute approximate surface area is 114 Å². The molecule has 0 fully saturated rings. The second kappa shape index (κ2) is 6.34. The molecule has 3 nitrogen and oxygen atoms in total. The van der Waals surface area contributed by atoms with Gasteiger partial charge in [0.15, 0.2) is 6.10 Å². The maximum Gasteiger partial charge on any atom is 0.155 e. The normalized spacial score (nSPS) is 13.8. The zero-order valence-corrected chi connectivity index (χ0v) is 11.4. The summed E-state index contributed by atoms with van der Waals surface area (Å²) in [6.07, 6.45) is 2.56. The molecular weight excluding hydrogens is 236 g/mol. The Morgan fingerprint density at radius 1 is 1.16 bits per heavy atom. The van der Waals surface area contributed by atoms with Crippen molar-refractivity contribution in [2.45, 2.75) is 32.4 Å². The minimum Gasteiger partial charge on any atom is -0.483 e. The largest absolute Gasteiger partial charge is 0.483 e. The fourth-order valence-electron chi connectivity index (χ4n) is 1.93. The maximum absolute atomic E-state index is 6.01. The molecule has 1 heterocycles. The summed E-state index contributed by atoms with van der Waals surface area (Å²) in [4.78, 5) is 4.33. The number of nitrogens with zero attached hydrogens (tertiary/aromatic N) is 1. The number of hydrogen-bond acceptors (Lipinski definition) is 3. The SMILES string of the molecule is CCc1ccc(OC(c2ccccn2)C(C)N)cc1. The number of ether oxygens (including phenoxy) is 1. The van der Waals surface area contributed by atoms with Crippen molar-refractivity contribution < 1.29 is 4.74 Å². The van der Waals surface area contributed by atoms with E-state index in [2.05, 4.69) is 24.0 Å². The monoisotopic (exact) mass is 256 g/mol. The molecule has 0 aliphatic carbocycles. The lowest BCUT2D eigenvalue weighted by atomic mass is 10.1. The molecule has 1 aromatic carbocycles. The molecule has 3 heteroatoms. The third-order valence-corrected chi connectivity index (χ3v) is 3.05. The molecule has 100 valence electrons. The Kier molecular flexibility index (Phi) is 4.53. The molecule has 0 amide bonds. The van der Waals surface area contributed by atoms with Crippen LogP contribution in [-0.2, 0) is 6.42 Å². The second-order valence-electron chi connectivity index (χ2n) is 4.65. The van der Waals surface area contributed by atoms with Crippen LogP contribution in [0.3, 0.4) is 0 Å². The molecule has 0 saturated heterocycles. The molecule has 0 bridgehead atoms. The predicted octanol–water partition coefficient (Wildman–Crippen LogP) is 3.11. The zero-order valence-electron chi connectivity index (χ0n) is 11.4. The summed E-state index contributed by atoms with van der Waals surface area (Å²) in [6, 6.07) is 13.8. The van der Waals surface area contributed by atoms with Gasteiger partial charge in [-0.1, -0.05) is 25.1 Å². The number of nitrogens with two attached hydrogens (primary N) is 1. The number of aromatic nitrogens is 1. The van der Waals surface area contributed by atoms with Gasteiger partial charge >= 0.3 is 0 Å². The molecule has 2 atom stereocenters. The van der Waals surface area contributed by atoms with Crippen molar-refractivity contribution in [3.05, 3.63) is 59.9 Å². The van der Waals surface area contributed by atoms with Gasteiger partial charge in [-0.15, -0.1) is 0 Å². The van der Waals surface area contributed by atoms with E-state index in [-0.39, 0.29) is 12.1 Å². The van der Waals surface area contributed by atoms with Crippen molar-refractivity contribution in [2.75, 3.05) is 0 Å². The van der Waals surface area contributed by atoms with Crippen molar-refractivity contribution in [3.63, 3.8) is 0 Å². The van der Waals surface area contributed by atoms with Gasteiger partial charge in [0.05, 0.1) is 5.69 Å². The van der Waals surface area contributed by atoms with E-state index in [1.54, 1.807) is 6.20 Å². The average molecular weight is 256 g/mol. The standard InChI is InChI=1S/C16H20N2O/c1-3-13-7-9-14(10-8-13)19-16(12(2)17)15-6-4-5-11-18-15/h4-12,16H,3,17H2,1-2H3. The van der Waals surface area contributed by atoms with Crippen LogP contribution < -0.4 is 10.5 Å². The van der Waals surface area contributed by atoms with Gasteiger partial charge in [0.25, 0.3) is 0 Å². The quantitative estimate of drug-likeness (QED) is 0.894. The summed E-state index contributed by atoms with van der Waals surface area (Å²) >= 11 is 0. The molecule has 19 heavy (non-hydrogen) atoms. The van der Waals surface area contributed by atoms with Crippen molar-refractivity contribution in [2.24, 2.45) is 5.73 Å². The van der Waals surface area contributed by atoms with Crippen molar-refractivity contribution in [3.8, 4) is 5.75 Å². The van der Waals surface area contributed by atoms with Crippen LogP contribution in [0.5, 0.6) is 5.75 Å². The van der Waals surface area contributed by atoms with Crippen LogP contribution in [0.4, 0.5) is 0 Å². The lowest BCUT2D eigenvalue weighted by Gasteiger charge is -2.22. The van der Waals surface area contributed by atoms with Gasteiger partial charge in [-0.25, -0.2) is 0 Å². The van der Waals surface area contributed by atoms with E-state index in [0.717, 1.165) is 17.9 Å². The van der Waals surface area contributed by atoms with Gasteiger partial charge in [-0.2, -0.15) is 0 Å². The van der Waals surface area contributed by atoms with E-state index in [0.29, 0.717) is 0 Å². The first kappa shape index (κ1) is 13.6. The lowest BCUT2D eigenvalue weighted by Crippen LogP contribution is -2.29. The van der Waals surface area contributed by atoms with E-state index < -0.39 is 0 Å². The van der Waals surface area contributed by atoms with Gasteiger partial charge in [0.2, 0.25) is 0 Å². The first-order chi connectivity index (χ1) is 9.20. The molecule has 0 saturated carbocycles. The molecule has 0 aliphatic rings. The van der Waals surface area contributed by atoms with Gasteiger partial charge in [-0.3, -0.25) is 4.98 Å². The molecule has 2 aromatic rings. The minimum absolute atomic E-state index is 0.124. The van der Waals surface area contributed by atoms with Crippen LogP contribution in [0.1, 0.15) is 31.2 Å². The van der Waals surface area contributed by atoms with Gasteiger partial charge in [0.1, 0.15) is 5.75 Å². The van der Waals surface area contributed by atoms with Gasteiger partial charge in [0, 0.05) is 12.2 Å². The Morgan fingerprint density at radius 2 is 1.89 bits per heavy atom. The first-order valence-electron chi connectivity index (χ1n) is 6.63. The van der Waals surface area contributed by atoms with E-state index in [1.165, 1.54) is 5.56 Å². The number of aryl methyl sites for hydroxylation is 1. The summed E-state index contributed by atoms with van der Waals surface area (Å²) in [5.41, 5.74) is 8.16. The zero-order chi connectivity index (χ0) is 13.7. The molecule has 2 N–H and O–H groups in total. The van der Waals surface area contributed by atoms with E-state index >= 15 is 0 Å². The van der Waals surface area contributed by atoms with Crippen LogP contribution in [0, 0.1) is 0 Å². The number of pyridine rings is 1. The van der Waals surface area contributed by atoms with Crippen LogP contribution in [-0.4, -0.2) is 11.0 Å². The van der Waals surface area contributed by atoms with Gasteiger partial charge in [-0.05, 0) is 43.2 Å².